The molecule has 0 bridgehead atoms. The van der Waals surface area contributed by atoms with Crippen molar-refractivity contribution < 1.29 is 8.78 Å². The second-order valence-electron chi connectivity index (χ2n) is 7.49. The van der Waals surface area contributed by atoms with Gasteiger partial charge in [0, 0.05) is 41.0 Å². The standard InChI is InChI=1S/C25H18F2N4/c1-15-12-18(9-11-30-15)25(19-5-2-6-22(27)23(19)24(28)31-25)20-13-16(7-8-21(20)26)17-4-3-10-29-14-17/h2-14H,1H3,(H2,28,31). The molecule has 2 N–H and O–H groups in total. The summed E-state index contributed by atoms with van der Waals surface area (Å²) < 4.78 is 30.2. The summed E-state index contributed by atoms with van der Waals surface area (Å²) >= 11 is 0. The summed E-state index contributed by atoms with van der Waals surface area (Å²) in [6.07, 6.45) is 5.02. The average Bonchev–Trinajstić information content (AvgIpc) is 3.09. The van der Waals surface area contributed by atoms with Crippen molar-refractivity contribution in [2.24, 2.45) is 10.7 Å². The predicted octanol–water partition coefficient (Wildman–Crippen LogP) is 4.74. The molecule has 0 saturated heterocycles. The lowest BCUT2D eigenvalue weighted by Gasteiger charge is -2.30. The molecule has 6 heteroatoms. The molecule has 1 aliphatic rings. The molecule has 3 heterocycles. The summed E-state index contributed by atoms with van der Waals surface area (Å²) in [7, 11) is 0. The lowest BCUT2D eigenvalue weighted by atomic mass is 9.76. The van der Waals surface area contributed by atoms with E-state index in [9.17, 15) is 4.39 Å². The SMILES string of the molecule is Cc1cc(C2(c3cc(-c4cccnc4)ccc3F)N=C(N)c3c(F)cccc32)ccn1. The minimum absolute atomic E-state index is 0.0359. The van der Waals surface area contributed by atoms with Crippen molar-refractivity contribution >= 4 is 5.84 Å². The highest BCUT2D eigenvalue weighted by Gasteiger charge is 2.45. The van der Waals surface area contributed by atoms with Crippen molar-refractivity contribution in [3.8, 4) is 11.1 Å². The molecular weight excluding hydrogens is 394 g/mol. The maximum atomic E-state index is 15.5. The molecule has 5 rings (SSSR count). The molecule has 2 aromatic carbocycles. The maximum Gasteiger partial charge on any atom is 0.142 e. The Morgan fingerprint density at radius 2 is 1.71 bits per heavy atom. The van der Waals surface area contributed by atoms with E-state index in [2.05, 4.69) is 9.97 Å². The van der Waals surface area contributed by atoms with Gasteiger partial charge in [-0.15, -0.1) is 0 Å². The van der Waals surface area contributed by atoms with Crippen LogP contribution in [0.1, 0.15) is 27.9 Å². The topological polar surface area (TPSA) is 64.2 Å². The van der Waals surface area contributed by atoms with Crippen LogP contribution in [0.2, 0.25) is 0 Å². The van der Waals surface area contributed by atoms with Gasteiger partial charge in [-0.05, 0) is 54.4 Å². The highest BCUT2D eigenvalue weighted by molar-refractivity contribution is 6.03. The minimum atomic E-state index is -1.34. The van der Waals surface area contributed by atoms with Crippen molar-refractivity contribution in [2.75, 3.05) is 0 Å². The smallest absolute Gasteiger partial charge is 0.142 e. The van der Waals surface area contributed by atoms with Gasteiger partial charge in [0.1, 0.15) is 23.0 Å². The predicted molar refractivity (Wildman–Crippen MR) is 116 cm³/mol. The zero-order chi connectivity index (χ0) is 21.6. The Morgan fingerprint density at radius 1 is 0.839 bits per heavy atom. The third-order valence-corrected chi connectivity index (χ3v) is 5.61. The molecule has 0 fully saturated rings. The van der Waals surface area contributed by atoms with Gasteiger partial charge in [0.15, 0.2) is 0 Å². The van der Waals surface area contributed by atoms with E-state index in [0.29, 0.717) is 11.1 Å². The number of amidine groups is 1. The van der Waals surface area contributed by atoms with E-state index in [1.807, 2.05) is 25.1 Å². The number of hydrogen-bond donors (Lipinski definition) is 1. The van der Waals surface area contributed by atoms with Gasteiger partial charge in [0.25, 0.3) is 0 Å². The molecule has 0 saturated carbocycles. The number of halogens is 2. The van der Waals surface area contributed by atoms with Crippen molar-refractivity contribution in [3.63, 3.8) is 0 Å². The van der Waals surface area contributed by atoms with E-state index < -0.39 is 17.2 Å². The number of aryl methyl sites for hydroxylation is 1. The molecule has 1 atom stereocenters. The molecule has 0 spiro atoms. The van der Waals surface area contributed by atoms with E-state index in [-0.39, 0.29) is 17.0 Å². The van der Waals surface area contributed by atoms with Gasteiger partial charge in [0.05, 0.1) is 5.56 Å². The maximum absolute atomic E-state index is 15.5. The highest BCUT2D eigenvalue weighted by Crippen LogP contribution is 2.48. The molecule has 0 aliphatic carbocycles. The molecule has 4 aromatic rings. The number of aliphatic imine (C=N–C) groups is 1. The number of hydrogen-bond acceptors (Lipinski definition) is 4. The fraction of sp³-hybridized carbons (Fsp3) is 0.0800. The van der Waals surface area contributed by atoms with Gasteiger partial charge in [-0.25, -0.2) is 13.8 Å². The van der Waals surface area contributed by atoms with Crippen LogP contribution >= 0.6 is 0 Å². The normalized spacial score (nSPS) is 17.3. The van der Waals surface area contributed by atoms with E-state index in [1.54, 1.807) is 48.9 Å². The Kier molecular flexibility index (Phi) is 4.36. The summed E-state index contributed by atoms with van der Waals surface area (Å²) in [5.74, 6) is -0.917. The van der Waals surface area contributed by atoms with Gasteiger partial charge in [-0.3, -0.25) is 9.97 Å². The number of benzene rings is 2. The minimum Gasteiger partial charge on any atom is -0.383 e. The number of nitrogens with zero attached hydrogens (tertiary/aromatic N) is 3. The van der Waals surface area contributed by atoms with Crippen LogP contribution in [0, 0.1) is 18.6 Å². The van der Waals surface area contributed by atoms with Crippen LogP contribution in [-0.2, 0) is 5.54 Å². The summed E-state index contributed by atoms with van der Waals surface area (Å²) in [5, 5.41) is 0. The first-order valence-electron chi connectivity index (χ1n) is 9.79. The first-order chi connectivity index (χ1) is 15.0. The molecule has 0 radical (unpaired) electrons. The summed E-state index contributed by atoms with van der Waals surface area (Å²) in [4.78, 5) is 13.1. The second-order valence-corrected chi connectivity index (χ2v) is 7.49. The number of nitrogens with two attached hydrogens (primary N) is 1. The fourth-order valence-corrected chi connectivity index (χ4v) is 4.25. The molecule has 1 aliphatic heterocycles. The zero-order valence-corrected chi connectivity index (χ0v) is 16.7. The average molecular weight is 412 g/mol. The lowest BCUT2D eigenvalue weighted by molar-refractivity contribution is 0.557. The Morgan fingerprint density at radius 3 is 2.48 bits per heavy atom. The number of rotatable bonds is 3. The van der Waals surface area contributed by atoms with Crippen LogP contribution < -0.4 is 5.73 Å². The summed E-state index contributed by atoms with van der Waals surface area (Å²) in [6.45, 7) is 1.84. The van der Waals surface area contributed by atoms with Gasteiger partial charge in [0.2, 0.25) is 0 Å². The Hall–Kier alpha value is -3.93. The Labute approximate surface area is 178 Å². The lowest BCUT2D eigenvalue weighted by Crippen LogP contribution is -2.27. The first-order valence-corrected chi connectivity index (χ1v) is 9.79. The monoisotopic (exact) mass is 412 g/mol. The van der Waals surface area contributed by atoms with E-state index in [1.165, 1.54) is 12.1 Å². The van der Waals surface area contributed by atoms with Crippen LogP contribution in [0.4, 0.5) is 8.78 Å². The quantitative estimate of drug-likeness (QED) is 0.529. The fourth-order valence-electron chi connectivity index (χ4n) is 4.25. The largest absolute Gasteiger partial charge is 0.383 e. The van der Waals surface area contributed by atoms with Crippen molar-refractivity contribution in [2.45, 2.75) is 12.5 Å². The van der Waals surface area contributed by atoms with Gasteiger partial charge in [-0.2, -0.15) is 0 Å². The molecule has 1 unspecified atom stereocenters. The Bertz CT molecular complexity index is 1330. The number of aromatic nitrogens is 2. The third kappa shape index (κ3) is 2.91. The number of fused-ring (bicyclic) bond motifs is 1. The van der Waals surface area contributed by atoms with Crippen LogP contribution in [0.5, 0.6) is 0 Å². The second kappa shape index (κ2) is 7.09. The van der Waals surface area contributed by atoms with E-state index >= 15 is 4.39 Å². The van der Waals surface area contributed by atoms with Crippen LogP contribution in [0.3, 0.4) is 0 Å². The molecule has 4 nitrogen and oxygen atoms in total. The molecule has 31 heavy (non-hydrogen) atoms. The first kappa shape index (κ1) is 19.1. The van der Waals surface area contributed by atoms with Gasteiger partial charge < -0.3 is 5.73 Å². The summed E-state index contributed by atoms with van der Waals surface area (Å²) in [5.41, 5.74) is 8.84. The van der Waals surface area contributed by atoms with Crippen LogP contribution in [-0.4, -0.2) is 15.8 Å². The van der Waals surface area contributed by atoms with Crippen LogP contribution in [0.15, 0.2) is 84.2 Å². The van der Waals surface area contributed by atoms with Crippen molar-refractivity contribution in [1.29, 1.82) is 0 Å². The van der Waals surface area contributed by atoms with Crippen LogP contribution in [0.25, 0.3) is 11.1 Å². The molecule has 152 valence electrons. The van der Waals surface area contributed by atoms with Gasteiger partial charge >= 0.3 is 0 Å². The summed E-state index contributed by atoms with van der Waals surface area (Å²) in [6, 6.07) is 16.8. The third-order valence-electron chi connectivity index (χ3n) is 5.61. The Balaban J connectivity index is 1.87. The molecular formula is C25H18F2N4. The van der Waals surface area contributed by atoms with Gasteiger partial charge in [-0.1, -0.05) is 24.3 Å². The number of pyridine rings is 2. The molecule has 0 amide bonds. The highest BCUT2D eigenvalue weighted by atomic mass is 19.1. The zero-order valence-electron chi connectivity index (χ0n) is 16.7. The molecule has 2 aromatic heterocycles. The van der Waals surface area contributed by atoms with Crippen molar-refractivity contribution in [3.05, 3.63) is 119 Å². The van der Waals surface area contributed by atoms with E-state index in [4.69, 9.17) is 10.7 Å². The van der Waals surface area contributed by atoms with Crippen molar-refractivity contribution in [1.82, 2.24) is 9.97 Å². The van der Waals surface area contributed by atoms with E-state index in [0.717, 1.165) is 16.8 Å².